The van der Waals surface area contributed by atoms with Crippen molar-refractivity contribution in [3.63, 3.8) is 0 Å². The van der Waals surface area contributed by atoms with Gasteiger partial charge in [0.1, 0.15) is 0 Å². The number of hydrogen-bond acceptors (Lipinski definition) is 0. The molecule has 0 spiro atoms. The molecule has 0 saturated carbocycles. The molecule has 1 aromatic rings. The second-order valence-corrected chi connectivity index (χ2v) is 10.8. The average Bonchev–Trinajstić information content (AvgIpc) is 3.04. The molecule has 0 unspecified atom stereocenters. The molecule has 0 heterocycles. The molecule has 0 aromatic heterocycles. The molecule has 83 valence electrons. The van der Waals surface area contributed by atoms with Crippen molar-refractivity contribution in [2.24, 2.45) is 0 Å². The summed E-state index contributed by atoms with van der Waals surface area (Å²) in [7, 11) is 0. The van der Waals surface area contributed by atoms with Gasteiger partial charge in [0.05, 0.1) is 0 Å². The zero-order chi connectivity index (χ0) is 11.5. The van der Waals surface area contributed by atoms with E-state index in [0.717, 1.165) is 0 Å². The number of allylic oxidation sites excluding steroid dienone is 8. The minimum absolute atomic E-state index is 1.18. The molecule has 17 heavy (non-hydrogen) atoms. The quantitative estimate of drug-likeness (QED) is 0.799. The summed E-state index contributed by atoms with van der Waals surface area (Å²) >= 11 is -1.75. The first-order valence-electron chi connectivity index (χ1n) is 6.09. The van der Waals surface area contributed by atoms with Crippen molar-refractivity contribution in [1.29, 1.82) is 0 Å². The summed E-state index contributed by atoms with van der Waals surface area (Å²) in [5.74, 6) is 0. The summed E-state index contributed by atoms with van der Waals surface area (Å²) in [6.45, 7) is 0. The first-order valence-corrected chi connectivity index (χ1v) is 9.78. The maximum atomic E-state index is 2.36. The van der Waals surface area contributed by atoms with Gasteiger partial charge in [-0.2, -0.15) is 0 Å². The standard InChI is InChI=1S/C6H5.2C5H5.Zr/c1-2-4-6-5-3-1;2*1-2-4-5-3-1;/h1-5H;2*1-3H,4H2;. The van der Waals surface area contributed by atoms with E-state index in [0.29, 0.717) is 0 Å². The van der Waals surface area contributed by atoms with Gasteiger partial charge >= 0.3 is 111 Å². The Balaban J connectivity index is 1.97. The van der Waals surface area contributed by atoms with Crippen LogP contribution in [0.4, 0.5) is 0 Å². The van der Waals surface area contributed by atoms with Crippen LogP contribution in [0.3, 0.4) is 0 Å². The fraction of sp³-hybridized carbons (Fsp3) is 0.125. The van der Waals surface area contributed by atoms with Gasteiger partial charge < -0.3 is 0 Å². The molecule has 0 amide bonds. The van der Waals surface area contributed by atoms with E-state index in [4.69, 9.17) is 0 Å². The van der Waals surface area contributed by atoms with Gasteiger partial charge in [0, 0.05) is 0 Å². The Bertz CT molecular complexity index is 488. The molecule has 0 fully saturated rings. The predicted molar refractivity (Wildman–Crippen MR) is 69.8 cm³/mol. The van der Waals surface area contributed by atoms with Gasteiger partial charge in [0.25, 0.3) is 0 Å². The normalized spacial score (nSPS) is 17.2. The summed E-state index contributed by atoms with van der Waals surface area (Å²) in [4.78, 5) is 0. The molecule has 0 nitrogen and oxygen atoms in total. The van der Waals surface area contributed by atoms with E-state index in [-0.39, 0.29) is 0 Å². The second-order valence-electron chi connectivity index (χ2n) is 4.39. The van der Waals surface area contributed by atoms with Crippen molar-refractivity contribution in [2.75, 3.05) is 0 Å². The molecule has 2 aliphatic carbocycles. The number of benzene rings is 1. The molecule has 0 atom stereocenters. The van der Waals surface area contributed by atoms with E-state index in [9.17, 15) is 0 Å². The number of rotatable bonds is 3. The molecular formula is C16H15Zr. The Kier molecular flexibility index (Phi) is 3.38. The molecule has 1 heteroatoms. The SMILES string of the molecule is C1=CC[C]([Zr]([C]2=CC=CC2)[c]2ccccc2)=C1. The Morgan fingerprint density at radius 3 is 1.82 bits per heavy atom. The zero-order valence-electron chi connectivity index (χ0n) is 9.77. The van der Waals surface area contributed by atoms with E-state index >= 15 is 0 Å². The van der Waals surface area contributed by atoms with Crippen LogP contribution < -0.4 is 3.27 Å². The topological polar surface area (TPSA) is 0 Å². The van der Waals surface area contributed by atoms with Gasteiger partial charge in [-0.25, -0.2) is 0 Å². The first-order chi connectivity index (χ1) is 8.45. The fourth-order valence-electron chi connectivity index (χ4n) is 2.45. The van der Waals surface area contributed by atoms with Crippen molar-refractivity contribution in [2.45, 2.75) is 12.8 Å². The van der Waals surface area contributed by atoms with E-state index in [1.54, 1.807) is 9.83 Å². The van der Waals surface area contributed by atoms with Crippen LogP contribution in [0.15, 0.2) is 73.3 Å². The third-order valence-electron chi connectivity index (χ3n) is 3.25. The number of hydrogen-bond donors (Lipinski definition) is 0. The van der Waals surface area contributed by atoms with Gasteiger partial charge in [-0.3, -0.25) is 0 Å². The fourth-order valence-corrected chi connectivity index (χ4v) is 9.45. The van der Waals surface area contributed by atoms with Gasteiger partial charge in [0.2, 0.25) is 0 Å². The Hall–Kier alpha value is -0.937. The third kappa shape index (κ3) is 2.35. The van der Waals surface area contributed by atoms with Crippen LogP contribution in [0.2, 0.25) is 0 Å². The Morgan fingerprint density at radius 1 is 0.765 bits per heavy atom. The van der Waals surface area contributed by atoms with Crippen LogP contribution in [0.25, 0.3) is 0 Å². The minimum atomic E-state index is -1.75. The molecule has 0 saturated heterocycles. The van der Waals surface area contributed by atoms with Crippen molar-refractivity contribution in [3.05, 3.63) is 73.3 Å². The van der Waals surface area contributed by atoms with Crippen LogP contribution in [0.1, 0.15) is 12.8 Å². The second kappa shape index (κ2) is 5.14. The Labute approximate surface area is 111 Å². The monoisotopic (exact) mass is 297 g/mol. The van der Waals surface area contributed by atoms with E-state index < -0.39 is 21.8 Å². The molecule has 1 aromatic carbocycles. The summed E-state index contributed by atoms with van der Waals surface area (Å²) in [6.07, 6.45) is 16.1. The van der Waals surface area contributed by atoms with Crippen LogP contribution in [-0.4, -0.2) is 0 Å². The van der Waals surface area contributed by atoms with Gasteiger partial charge in [0.15, 0.2) is 0 Å². The molecule has 0 aliphatic heterocycles. The Morgan fingerprint density at radius 2 is 1.35 bits per heavy atom. The van der Waals surface area contributed by atoms with Crippen LogP contribution in [-0.2, 0) is 21.8 Å². The van der Waals surface area contributed by atoms with Crippen molar-refractivity contribution in [3.8, 4) is 0 Å². The van der Waals surface area contributed by atoms with Crippen LogP contribution in [0.5, 0.6) is 0 Å². The van der Waals surface area contributed by atoms with Crippen molar-refractivity contribution < 1.29 is 21.8 Å². The van der Waals surface area contributed by atoms with Gasteiger partial charge in [-0.15, -0.1) is 0 Å². The summed E-state index contributed by atoms with van der Waals surface area (Å²) in [5.41, 5.74) is 0. The average molecular weight is 299 g/mol. The van der Waals surface area contributed by atoms with Crippen LogP contribution in [0, 0.1) is 0 Å². The van der Waals surface area contributed by atoms with Crippen molar-refractivity contribution >= 4 is 3.27 Å². The van der Waals surface area contributed by atoms with Gasteiger partial charge in [-0.1, -0.05) is 0 Å². The summed E-state index contributed by atoms with van der Waals surface area (Å²) < 4.78 is 5.04. The van der Waals surface area contributed by atoms with E-state index in [2.05, 4.69) is 66.8 Å². The molecule has 3 rings (SSSR count). The molecule has 0 N–H and O–H groups in total. The van der Waals surface area contributed by atoms with E-state index in [1.807, 2.05) is 0 Å². The molecule has 2 aliphatic rings. The molecule has 0 radical (unpaired) electrons. The summed E-state index contributed by atoms with van der Waals surface area (Å²) in [6, 6.07) is 11.1. The summed E-state index contributed by atoms with van der Waals surface area (Å²) in [5, 5.41) is 0. The zero-order valence-corrected chi connectivity index (χ0v) is 12.2. The molecule has 0 bridgehead atoms. The predicted octanol–water partition coefficient (Wildman–Crippen LogP) is 3.62. The molecular weight excluding hydrogens is 283 g/mol. The first kappa shape index (κ1) is 11.2. The van der Waals surface area contributed by atoms with E-state index in [1.165, 1.54) is 12.8 Å². The van der Waals surface area contributed by atoms with Crippen LogP contribution >= 0.6 is 0 Å². The van der Waals surface area contributed by atoms with Gasteiger partial charge in [-0.05, 0) is 0 Å². The van der Waals surface area contributed by atoms with Crippen molar-refractivity contribution in [1.82, 2.24) is 0 Å². The maximum absolute atomic E-state index is 2.36. The third-order valence-corrected chi connectivity index (χ3v) is 10.5.